The highest BCUT2D eigenvalue weighted by molar-refractivity contribution is 6.30. The molecule has 2 amide bonds. The van der Waals surface area contributed by atoms with Crippen LogP contribution in [0.5, 0.6) is 0 Å². The fourth-order valence-corrected chi connectivity index (χ4v) is 3.30. The highest BCUT2D eigenvalue weighted by Crippen LogP contribution is 2.11. The van der Waals surface area contributed by atoms with E-state index < -0.39 is 6.04 Å². The molecule has 0 spiro atoms. The van der Waals surface area contributed by atoms with Crippen LogP contribution in [0.4, 0.5) is 0 Å². The fourth-order valence-electron chi connectivity index (χ4n) is 3.17. The van der Waals surface area contributed by atoms with Crippen molar-refractivity contribution >= 4 is 23.4 Å². The van der Waals surface area contributed by atoms with Crippen LogP contribution in [0.3, 0.4) is 0 Å². The van der Waals surface area contributed by atoms with Crippen LogP contribution in [0.2, 0.25) is 5.02 Å². The fraction of sp³-hybridized carbons (Fsp3) is 0.333. The summed E-state index contributed by atoms with van der Waals surface area (Å²) in [6.07, 6.45) is 2.24. The Balaban J connectivity index is 1.70. The molecule has 0 radical (unpaired) electrons. The van der Waals surface area contributed by atoms with E-state index in [1.807, 2.05) is 30.3 Å². The first-order valence-electron chi connectivity index (χ1n) is 9.23. The molecule has 6 heteroatoms. The van der Waals surface area contributed by atoms with Gasteiger partial charge in [0.1, 0.15) is 6.04 Å². The third-order valence-electron chi connectivity index (χ3n) is 4.70. The van der Waals surface area contributed by atoms with Crippen molar-refractivity contribution in [1.82, 2.24) is 16.0 Å². The van der Waals surface area contributed by atoms with Gasteiger partial charge in [0.2, 0.25) is 5.91 Å². The highest BCUT2D eigenvalue weighted by Gasteiger charge is 2.25. The van der Waals surface area contributed by atoms with E-state index in [0.29, 0.717) is 17.0 Å². The Morgan fingerprint density at radius 2 is 1.70 bits per heavy atom. The number of halogens is 1. The summed E-state index contributed by atoms with van der Waals surface area (Å²) in [4.78, 5) is 25.5. The van der Waals surface area contributed by atoms with Crippen molar-refractivity contribution in [2.45, 2.75) is 31.3 Å². The molecule has 1 heterocycles. The Bertz CT molecular complexity index is 759. The molecule has 1 saturated heterocycles. The zero-order valence-corrected chi connectivity index (χ0v) is 15.8. The van der Waals surface area contributed by atoms with Gasteiger partial charge in [-0.2, -0.15) is 0 Å². The second-order valence-corrected chi connectivity index (χ2v) is 7.19. The second-order valence-electron chi connectivity index (χ2n) is 6.76. The lowest BCUT2D eigenvalue weighted by molar-refractivity contribution is -0.123. The minimum atomic E-state index is -0.634. The maximum atomic E-state index is 12.9. The summed E-state index contributed by atoms with van der Waals surface area (Å²) in [6.45, 7) is 1.79. The van der Waals surface area contributed by atoms with Crippen molar-refractivity contribution in [3.05, 3.63) is 70.7 Å². The largest absolute Gasteiger partial charge is 0.351 e. The van der Waals surface area contributed by atoms with Crippen LogP contribution < -0.4 is 16.0 Å². The number of amides is 2. The summed E-state index contributed by atoms with van der Waals surface area (Å²) in [5.74, 6) is -0.430. The van der Waals surface area contributed by atoms with Gasteiger partial charge in [-0.05, 0) is 55.8 Å². The average Bonchev–Trinajstić information content (AvgIpc) is 2.69. The molecule has 1 aliphatic rings. The standard InChI is InChI=1S/C21H24ClN3O2/c22-17-8-6-16(7-9-17)20(26)25-19(14-15-4-2-1-3-5-15)21(27)24-18-10-12-23-13-11-18/h1-9,18-19,23H,10-14H2,(H,24,27)(H,25,26). The van der Waals surface area contributed by atoms with E-state index in [4.69, 9.17) is 11.6 Å². The van der Waals surface area contributed by atoms with Gasteiger partial charge in [-0.15, -0.1) is 0 Å². The number of piperidine rings is 1. The van der Waals surface area contributed by atoms with Crippen LogP contribution in [0.25, 0.3) is 0 Å². The Hall–Kier alpha value is -2.37. The van der Waals surface area contributed by atoms with Crippen molar-refractivity contribution in [3.63, 3.8) is 0 Å². The molecule has 142 valence electrons. The van der Waals surface area contributed by atoms with Crippen molar-refractivity contribution < 1.29 is 9.59 Å². The smallest absolute Gasteiger partial charge is 0.251 e. The number of rotatable bonds is 6. The molecule has 0 saturated carbocycles. The number of carbonyl (C=O) groups is 2. The van der Waals surface area contributed by atoms with Gasteiger partial charge in [-0.25, -0.2) is 0 Å². The molecule has 0 bridgehead atoms. The number of carbonyl (C=O) groups excluding carboxylic acids is 2. The van der Waals surface area contributed by atoms with E-state index >= 15 is 0 Å². The highest BCUT2D eigenvalue weighted by atomic mass is 35.5. The molecule has 5 nitrogen and oxygen atoms in total. The Morgan fingerprint density at radius 3 is 2.37 bits per heavy atom. The molecule has 1 fully saturated rings. The predicted molar refractivity (Wildman–Crippen MR) is 107 cm³/mol. The zero-order chi connectivity index (χ0) is 19.1. The van der Waals surface area contributed by atoms with Gasteiger partial charge in [-0.1, -0.05) is 41.9 Å². The van der Waals surface area contributed by atoms with Gasteiger partial charge in [0.15, 0.2) is 0 Å². The van der Waals surface area contributed by atoms with Crippen LogP contribution in [-0.2, 0) is 11.2 Å². The molecule has 2 aromatic rings. The maximum absolute atomic E-state index is 12.9. The van der Waals surface area contributed by atoms with Crippen molar-refractivity contribution in [2.24, 2.45) is 0 Å². The topological polar surface area (TPSA) is 70.2 Å². The first-order chi connectivity index (χ1) is 13.1. The van der Waals surface area contributed by atoms with E-state index in [9.17, 15) is 9.59 Å². The van der Waals surface area contributed by atoms with Crippen LogP contribution in [0.1, 0.15) is 28.8 Å². The minimum absolute atomic E-state index is 0.143. The molecule has 1 aliphatic heterocycles. The molecule has 0 aliphatic carbocycles. The lowest BCUT2D eigenvalue weighted by Gasteiger charge is -2.26. The lowest BCUT2D eigenvalue weighted by atomic mass is 10.0. The molecular formula is C21H24ClN3O2. The summed E-state index contributed by atoms with van der Waals surface area (Å²) in [7, 11) is 0. The summed E-state index contributed by atoms with van der Waals surface area (Å²) < 4.78 is 0. The number of nitrogens with one attached hydrogen (secondary N) is 3. The molecule has 1 unspecified atom stereocenters. The van der Waals surface area contributed by atoms with Gasteiger partial charge >= 0.3 is 0 Å². The zero-order valence-electron chi connectivity index (χ0n) is 15.1. The van der Waals surface area contributed by atoms with Crippen LogP contribution >= 0.6 is 11.6 Å². The minimum Gasteiger partial charge on any atom is -0.351 e. The number of hydrogen-bond donors (Lipinski definition) is 3. The number of benzene rings is 2. The average molecular weight is 386 g/mol. The van der Waals surface area contributed by atoms with E-state index in [-0.39, 0.29) is 17.9 Å². The third-order valence-corrected chi connectivity index (χ3v) is 4.95. The summed E-state index contributed by atoms with van der Waals surface area (Å²) in [6, 6.07) is 15.9. The Labute approximate surface area is 164 Å². The van der Waals surface area contributed by atoms with Crippen LogP contribution in [-0.4, -0.2) is 37.0 Å². The van der Waals surface area contributed by atoms with Gasteiger partial charge in [-0.3, -0.25) is 9.59 Å². The Morgan fingerprint density at radius 1 is 1.04 bits per heavy atom. The summed E-state index contributed by atoms with van der Waals surface area (Å²) in [5.41, 5.74) is 1.48. The quantitative estimate of drug-likeness (QED) is 0.715. The van der Waals surface area contributed by atoms with Gasteiger partial charge in [0.25, 0.3) is 5.91 Å². The molecule has 1 atom stereocenters. The van der Waals surface area contributed by atoms with Crippen LogP contribution in [0.15, 0.2) is 54.6 Å². The van der Waals surface area contributed by atoms with E-state index in [2.05, 4.69) is 16.0 Å². The van der Waals surface area contributed by atoms with E-state index in [0.717, 1.165) is 31.5 Å². The number of hydrogen-bond acceptors (Lipinski definition) is 3. The predicted octanol–water partition coefficient (Wildman–Crippen LogP) is 2.55. The first-order valence-corrected chi connectivity index (χ1v) is 9.61. The van der Waals surface area contributed by atoms with Gasteiger partial charge in [0, 0.05) is 23.0 Å². The van der Waals surface area contributed by atoms with Crippen molar-refractivity contribution in [1.29, 1.82) is 0 Å². The summed E-state index contributed by atoms with van der Waals surface area (Å²) in [5, 5.41) is 9.82. The van der Waals surface area contributed by atoms with E-state index in [1.165, 1.54) is 0 Å². The molecule has 3 rings (SSSR count). The third kappa shape index (κ3) is 5.81. The van der Waals surface area contributed by atoms with Crippen molar-refractivity contribution in [2.75, 3.05) is 13.1 Å². The molecule has 3 N–H and O–H groups in total. The normalized spacial score (nSPS) is 15.7. The van der Waals surface area contributed by atoms with Crippen molar-refractivity contribution in [3.8, 4) is 0 Å². The molecule has 27 heavy (non-hydrogen) atoms. The van der Waals surface area contributed by atoms with Crippen LogP contribution in [0, 0.1) is 0 Å². The Kier molecular flexibility index (Phi) is 6.85. The second kappa shape index (κ2) is 9.53. The van der Waals surface area contributed by atoms with Gasteiger partial charge in [0.05, 0.1) is 0 Å². The SMILES string of the molecule is O=C(NC(Cc1ccccc1)C(=O)NC1CCNCC1)c1ccc(Cl)cc1. The molecular weight excluding hydrogens is 362 g/mol. The first kappa shape index (κ1) is 19.4. The maximum Gasteiger partial charge on any atom is 0.251 e. The summed E-state index contributed by atoms with van der Waals surface area (Å²) >= 11 is 5.89. The molecule has 2 aromatic carbocycles. The van der Waals surface area contributed by atoms with E-state index in [1.54, 1.807) is 24.3 Å². The molecule has 0 aromatic heterocycles. The van der Waals surface area contributed by atoms with Gasteiger partial charge < -0.3 is 16.0 Å². The lowest BCUT2D eigenvalue weighted by Crippen LogP contribution is -2.52. The monoisotopic (exact) mass is 385 g/mol.